The van der Waals surface area contributed by atoms with E-state index in [9.17, 15) is 8.42 Å². The van der Waals surface area contributed by atoms with E-state index >= 15 is 0 Å². The van der Waals surface area contributed by atoms with Gasteiger partial charge in [0.1, 0.15) is 11.3 Å². The fourth-order valence-corrected chi connectivity index (χ4v) is 6.09. The second-order valence-corrected chi connectivity index (χ2v) is 11.5. The van der Waals surface area contributed by atoms with Crippen LogP contribution in [0.5, 0.6) is 0 Å². The Bertz CT molecular complexity index is 1250. The van der Waals surface area contributed by atoms with Crippen LogP contribution in [0, 0.1) is 32.1 Å². The summed E-state index contributed by atoms with van der Waals surface area (Å²) < 4.78 is 35.2. The number of rotatable bonds is 5. The summed E-state index contributed by atoms with van der Waals surface area (Å²) >= 11 is 0. The van der Waals surface area contributed by atoms with Gasteiger partial charge in [0.2, 0.25) is 0 Å². The molecule has 0 fully saturated rings. The van der Waals surface area contributed by atoms with E-state index in [4.69, 9.17) is 4.42 Å². The zero-order valence-electron chi connectivity index (χ0n) is 19.4. The second-order valence-electron chi connectivity index (χ2n) is 9.80. The minimum Gasteiger partial charge on any atom is -0.461 e. The molecule has 1 aromatic heterocycles. The van der Waals surface area contributed by atoms with E-state index in [1.165, 1.54) is 5.56 Å². The van der Waals surface area contributed by atoms with Gasteiger partial charge in [-0.05, 0) is 85.9 Å². The first-order valence-electron chi connectivity index (χ1n) is 11.2. The lowest BCUT2D eigenvalue weighted by Crippen LogP contribution is -2.28. The monoisotopic (exact) mass is 439 g/mol. The summed E-state index contributed by atoms with van der Waals surface area (Å²) in [6.45, 7) is 12.7. The summed E-state index contributed by atoms with van der Waals surface area (Å²) in [4.78, 5) is 0.328. The van der Waals surface area contributed by atoms with Crippen LogP contribution in [0.15, 0.2) is 39.6 Å². The molecular weight excluding hydrogens is 406 g/mol. The second kappa shape index (κ2) is 7.70. The molecule has 0 saturated heterocycles. The zero-order chi connectivity index (χ0) is 22.6. The molecule has 1 heterocycles. The molecule has 0 spiro atoms. The number of benzene rings is 2. The van der Waals surface area contributed by atoms with Crippen LogP contribution in [0.3, 0.4) is 0 Å². The molecule has 1 atom stereocenters. The largest absolute Gasteiger partial charge is 0.461 e. The predicted octanol–water partition coefficient (Wildman–Crippen LogP) is 6.70. The van der Waals surface area contributed by atoms with Gasteiger partial charge in [-0.2, -0.15) is 0 Å². The highest BCUT2D eigenvalue weighted by Crippen LogP contribution is 2.43. The highest BCUT2D eigenvalue weighted by atomic mass is 32.2. The summed E-state index contributed by atoms with van der Waals surface area (Å²) in [5.41, 5.74) is 5.75. The van der Waals surface area contributed by atoms with Gasteiger partial charge in [-0.15, -0.1) is 0 Å². The van der Waals surface area contributed by atoms with Crippen LogP contribution < -0.4 is 4.72 Å². The maximum atomic E-state index is 13.1. The van der Waals surface area contributed by atoms with E-state index in [1.807, 2.05) is 39.0 Å². The topological polar surface area (TPSA) is 59.3 Å². The third-order valence-corrected chi connectivity index (χ3v) is 8.92. The third-order valence-electron chi connectivity index (χ3n) is 7.39. The molecule has 166 valence electrons. The molecule has 31 heavy (non-hydrogen) atoms. The van der Waals surface area contributed by atoms with Gasteiger partial charge in [-0.3, -0.25) is 4.72 Å². The van der Waals surface area contributed by atoms with E-state index in [1.54, 1.807) is 12.1 Å². The van der Waals surface area contributed by atoms with Crippen molar-refractivity contribution in [1.82, 2.24) is 0 Å². The van der Waals surface area contributed by atoms with Crippen LogP contribution in [0.2, 0.25) is 0 Å². The molecule has 0 saturated carbocycles. The van der Waals surface area contributed by atoms with Gasteiger partial charge in [0.15, 0.2) is 0 Å². The Labute approximate surface area is 186 Å². The number of hydrogen-bond donors (Lipinski definition) is 1. The van der Waals surface area contributed by atoms with Gasteiger partial charge in [0.05, 0.1) is 4.90 Å². The van der Waals surface area contributed by atoms with Gasteiger partial charge in [0.25, 0.3) is 10.0 Å². The Balaban J connectivity index is 1.69. The fourth-order valence-electron chi connectivity index (χ4n) is 4.73. The van der Waals surface area contributed by atoms with E-state index in [-0.39, 0.29) is 5.41 Å². The van der Waals surface area contributed by atoms with Crippen LogP contribution in [0.4, 0.5) is 5.69 Å². The van der Waals surface area contributed by atoms with E-state index in [0.717, 1.165) is 59.1 Å². The molecule has 4 rings (SSSR count). The Morgan fingerprint density at radius 3 is 2.48 bits per heavy atom. The van der Waals surface area contributed by atoms with Gasteiger partial charge in [-0.25, -0.2) is 8.42 Å². The van der Waals surface area contributed by atoms with Crippen molar-refractivity contribution in [2.75, 3.05) is 4.72 Å². The van der Waals surface area contributed by atoms with Gasteiger partial charge >= 0.3 is 0 Å². The summed E-state index contributed by atoms with van der Waals surface area (Å²) in [7, 11) is -3.67. The first-order valence-corrected chi connectivity index (χ1v) is 12.6. The van der Waals surface area contributed by atoms with Crippen molar-refractivity contribution in [2.45, 2.75) is 72.1 Å². The number of sulfonamides is 1. The summed E-state index contributed by atoms with van der Waals surface area (Å²) in [5, 5.41) is 1.03. The smallest absolute Gasteiger partial charge is 0.262 e. The minimum absolute atomic E-state index is 0.279. The van der Waals surface area contributed by atoms with Gasteiger partial charge in [0, 0.05) is 23.1 Å². The van der Waals surface area contributed by atoms with Crippen molar-refractivity contribution in [3.05, 3.63) is 58.3 Å². The number of anilines is 1. The number of nitrogens with one attached hydrogen (secondary N) is 1. The van der Waals surface area contributed by atoms with Crippen molar-refractivity contribution in [3.8, 4) is 0 Å². The average molecular weight is 440 g/mol. The molecule has 0 bridgehead atoms. The van der Waals surface area contributed by atoms with E-state index < -0.39 is 10.0 Å². The van der Waals surface area contributed by atoms with Crippen molar-refractivity contribution in [3.63, 3.8) is 0 Å². The highest BCUT2D eigenvalue weighted by Gasteiger charge is 2.33. The molecular formula is C26H33NO3S. The van der Waals surface area contributed by atoms with Crippen molar-refractivity contribution >= 4 is 26.7 Å². The zero-order valence-corrected chi connectivity index (χ0v) is 20.2. The molecule has 5 heteroatoms. The maximum absolute atomic E-state index is 13.1. The summed E-state index contributed by atoms with van der Waals surface area (Å²) in [5.74, 6) is 1.66. The van der Waals surface area contributed by atoms with Crippen molar-refractivity contribution < 1.29 is 12.8 Å². The number of aryl methyl sites for hydroxylation is 4. The standard InChI is InChI=1S/C26H33NO3S/c1-7-26(5,6)19-8-10-23-21(14-19)22-15-20(9-11-24(22)30-23)27-31(28,29)25-13-17(3)16(2)12-18(25)4/h9,11-13,15,19,27H,7-8,10,14H2,1-6H3/t19-/m1/s1. The molecule has 0 aliphatic heterocycles. The molecule has 0 unspecified atom stereocenters. The molecule has 3 aromatic rings. The van der Waals surface area contributed by atoms with Crippen LogP contribution in [0.1, 0.15) is 61.6 Å². The molecule has 1 aliphatic carbocycles. The number of fused-ring (bicyclic) bond motifs is 3. The minimum atomic E-state index is -3.67. The normalized spacial score (nSPS) is 17.0. The third kappa shape index (κ3) is 4.00. The maximum Gasteiger partial charge on any atom is 0.262 e. The van der Waals surface area contributed by atoms with Crippen LogP contribution in [-0.2, 0) is 22.9 Å². The molecule has 1 aliphatic rings. The summed E-state index contributed by atoms with van der Waals surface area (Å²) in [6, 6.07) is 9.29. The molecule has 1 N–H and O–H groups in total. The molecule has 0 radical (unpaired) electrons. The summed E-state index contributed by atoms with van der Waals surface area (Å²) in [6.07, 6.45) is 4.21. The predicted molar refractivity (Wildman–Crippen MR) is 127 cm³/mol. The Kier molecular flexibility index (Phi) is 5.45. The van der Waals surface area contributed by atoms with Crippen molar-refractivity contribution in [1.29, 1.82) is 0 Å². The number of furan rings is 1. The van der Waals surface area contributed by atoms with Crippen LogP contribution >= 0.6 is 0 Å². The fraction of sp³-hybridized carbons (Fsp3) is 0.462. The van der Waals surface area contributed by atoms with Crippen molar-refractivity contribution in [2.24, 2.45) is 11.3 Å². The van der Waals surface area contributed by atoms with Gasteiger partial charge < -0.3 is 4.42 Å². The van der Waals surface area contributed by atoms with E-state index in [0.29, 0.717) is 16.5 Å². The molecule has 0 amide bonds. The Hall–Kier alpha value is -2.27. The lowest BCUT2D eigenvalue weighted by Gasteiger charge is -2.36. The Morgan fingerprint density at radius 1 is 1.06 bits per heavy atom. The number of hydrogen-bond acceptors (Lipinski definition) is 3. The average Bonchev–Trinajstić information content (AvgIpc) is 3.07. The molecule has 4 nitrogen and oxygen atoms in total. The SMILES string of the molecule is CCC(C)(C)[C@@H]1CCc2oc3ccc(NS(=O)(=O)c4cc(C)c(C)cc4C)cc3c2C1. The van der Waals surface area contributed by atoms with Gasteiger partial charge in [-0.1, -0.05) is 33.3 Å². The molecule has 2 aromatic carbocycles. The first-order chi connectivity index (χ1) is 14.5. The Morgan fingerprint density at radius 2 is 1.77 bits per heavy atom. The van der Waals surface area contributed by atoms with Crippen LogP contribution in [0.25, 0.3) is 11.0 Å². The lowest BCUT2D eigenvalue weighted by molar-refractivity contribution is 0.179. The first kappa shape index (κ1) is 21.9. The van der Waals surface area contributed by atoms with Crippen LogP contribution in [-0.4, -0.2) is 8.42 Å². The van der Waals surface area contributed by atoms with E-state index in [2.05, 4.69) is 25.5 Å². The lowest BCUT2D eigenvalue weighted by atomic mass is 9.69. The quantitative estimate of drug-likeness (QED) is 0.481. The highest BCUT2D eigenvalue weighted by molar-refractivity contribution is 7.92.